The Morgan fingerprint density at radius 2 is 2.00 bits per heavy atom. The number of fused-ring (bicyclic) bond motifs is 1. The molecule has 4 aromatic rings. The van der Waals surface area contributed by atoms with Gasteiger partial charge in [0.1, 0.15) is 35.4 Å². The van der Waals surface area contributed by atoms with Crippen molar-refractivity contribution in [1.29, 1.82) is 5.26 Å². The molecule has 0 aliphatic heterocycles. The molecule has 0 aliphatic carbocycles. The lowest BCUT2D eigenvalue weighted by Gasteiger charge is -2.22. The largest absolute Gasteiger partial charge is 0.382 e. The van der Waals surface area contributed by atoms with E-state index in [0.29, 0.717) is 34.4 Å². The summed E-state index contributed by atoms with van der Waals surface area (Å²) in [5.41, 5.74) is 8.06. The van der Waals surface area contributed by atoms with Crippen LogP contribution in [0.4, 0.5) is 16.0 Å². The van der Waals surface area contributed by atoms with Gasteiger partial charge < -0.3 is 11.1 Å². The molecule has 0 aliphatic rings. The summed E-state index contributed by atoms with van der Waals surface area (Å²) in [6, 6.07) is 15.6. The van der Waals surface area contributed by atoms with Crippen molar-refractivity contribution < 1.29 is 4.39 Å². The van der Waals surface area contributed by atoms with E-state index in [0.717, 1.165) is 0 Å². The highest BCUT2D eigenvalue weighted by molar-refractivity contribution is 5.72. The van der Waals surface area contributed by atoms with Crippen molar-refractivity contribution in [1.82, 2.24) is 14.4 Å². The van der Waals surface area contributed by atoms with Crippen LogP contribution in [0.2, 0.25) is 0 Å². The number of halogens is 1. The van der Waals surface area contributed by atoms with Crippen molar-refractivity contribution in [3.8, 4) is 17.2 Å². The molecule has 0 spiro atoms. The summed E-state index contributed by atoms with van der Waals surface area (Å²) in [6.45, 7) is 1.95. The Kier molecular flexibility index (Phi) is 5.33. The summed E-state index contributed by atoms with van der Waals surface area (Å²) in [5.74, 6) is -0.131. The first-order valence-electron chi connectivity index (χ1n) is 9.70. The first-order valence-corrected chi connectivity index (χ1v) is 9.70. The fourth-order valence-electron chi connectivity index (χ4n) is 3.61. The molecular weight excluding hydrogens is 395 g/mol. The zero-order chi connectivity index (χ0) is 22.0. The van der Waals surface area contributed by atoms with Gasteiger partial charge in [-0.1, -0.05) is 37.3 Å². The minimum atomic E-state index is -0.498. The van der Waals surface area contributed by atoms with Crippen molar-refractivity contribution in [2.75, 3.05) is 11.1 Å². The monoisotopic (exact) mass is 414 g/mol. The Labute approximate surface area is 177 Å². The number of aromatic nitrogens is 3. The van der Waals surface area contributed by atoms with Gasteiger partial charge in [-0.15, -0.1) is 0 Å². The van der Waals surface area contributed by atoms with Gasteiger partial charge in [-0.2, -0.15) is 5.26 Å². The summed E-state index contributed by atoms with van der Waals surface area (Å²) < 4.78 is 15.2. The van der Waals surface area contributed by atoms with Gasteiger partial charge >= 0.3 is 0 Å². The van der Waals surface area contributed by atoms with Crippen molar-refractivity contribution in [3.05, 3.63) is 88.4 Å². The molecule has 1 atom stereocenters. The van der Waals surface area contributed by atoms with Crippen LogP contribution in [-0.2, 0) is 0 Å². The molecule has 0 bridgehead atoms. The lowest BCUT2D eigenvalue weighted by Crippen LogP contribution is -2.22. The molecule has 0 saturated heterocycles. The third-order valence-electron chi connectivity index (χ3n) is 5.11. The first kappa shape index (κ1) is 20.0. The third-order valence-corrected chi connectivity index (χ3v) is 5.11. The first-order chi connectivity index (χ1) is 15.0. The normalized spacial score (nSPS) is 11.8. The van der Waals surface area contributed by atoms with Crippen LogP contribution in [0.1, 0.15) is 30.5 Å². The van der Waals surface area contributed by atoms with E-state index in [2.05, 4.69) is 15.3 Å². The molecule has 3 heterocycles. The van der Waals surface area contributed by atoms with Gasteiger partial charge in [0.25, 0.3) is 5.56 Å². The smallest absolute Gasteiger partial charge is 0.263 e. The Morgan fingerprint density at radius 1 is 1.23 bits per heavy atom. The van der Waals surface area contributed by atoms with E-state index < -0.39 is 5.82 Å². The van der Waals surface area contributed by atoms with Crippen molar-refractivity contribution in [2.24, 2.45) is 0 Å². The van der Waals surface area contributed by atoms with Crippen molar-refractivity contribution in [2.45, 2.75) is 19.4 Å². The number of nitriles is 1. The van der Waals surface area contributed by atoms with Crippen LogP contribution in [0, 0.1) is 17.1 Å². The number of hydrogen-bond donors (Lipinski definition) is 2. The number of benzene rings is 1. The second-order valence-corrected chi connectivity index (χ2v) is 6.99. The maximum absolute atomic E-state index is 13.9. The number of rotatable bonds is 5. The zero-order valence-electron chi connectivity index (χ0n) is 16.7. The predicted molar refractivity (Wildman–Crippen MR) is 117 cm³/mol. The van der Waals surface area contributed by atoms with E-state index in [-0.39, 0.29) is 23.0 Å². The number of nitrogen functional groups attached to an aromatic ring is 1. The summed E-state index contributed by atoms with van der Waals surface area (Å²) in [6.07, 6.45) is 3.05. The molecule has 7 nitrogen and oxygen atoms in total. The molecule has 0 amide bonds. The predicted octanol–water partition coefficient (Wildman–Crippen LogP) is 3.91. The van der Waals surface area contributed by atoms with Gasteiger partial charge in [-0.3, -0.25) is 9.20 Å². The van der Waals surface area contributed by atoms with Crippen LogP contribution in [0.25, 0.3) is 16.6 Å². The lowest BCUT2D eigenvalue weighted by atomic mass is 9.94. The lowest BCUT2D eigenvalue weighted by molar-refractivity contribution is 0.618. The highest BCUT2D eigenvalue weighted by Crippen LogP contribution is 2.31. The molecule has 0 unspecified atom stereocenters. The van der Waals surface area contributed by atoms with E-state index >= 15 is 0 Å². The molecule has 3 N–H and O–H groups in total. The molecule has 8 heteroatoms. The number of anilines is 2. The van der Waals surface area contributed by atoms with Crippen LogP contribution in [-0.4, -0.2) is 14.4 Å². The van der Waals surface area contributed by atoms with Crippen molar-refractivity contribution >= 4 is 17.2 Å². The van der Waals surface area contributed by atoms with Gasteiger partial charge in [-0.05, 0) is 35.7 Å². The minimum Gasteiger partial charge on any atom is -0.382 e. The molecule has 0 saturated carbocycles. The average molecular weight is 414 g/mol. The number of hydrogen-bond acceptors (Lipinski definition) is 6. The molecule has 3 aromatic heterocycles. The zero-order valence-corrected chi connectivity index (χ0v) is 16.7. The van der Waals surface area contributed by atoms with E-state index in [4.69, 9.17) is 5.73 Å². The molecule has 4 rings (SSSR count). The summed E-state index contributed by atoms with van der Waals surface area (Å²) in [4.78, 5) is 21.4. The topological polar surface area (TPSA) is 109 Å². The number of nitrogens with one attached hydrogen (secondary N) is 1. The van der Waals surface area contributed by atoms with E-state index in [1.807, 2.05) is 49.4 Å². The Balaban J connectivity index is 1.95. The number of nitrogens with two attached hydrogens (primary N) is 1. The summed E-state index contributed by atoms with van der Waals surface area (Å²) in [5, 5.41) is 12.7. The fraction of sp³-hybridized carbons (Fsp3) is 0.130. The Morgan fingerprint density at radius 3 is 2.71 bits per heavy atom. The molecule has 0 radical (unpaired) electrons. The van der Waals surface area contributed by atoms with E-state index in [9.17, 15) is 14.4 Å². The number of nitrogens with zero attached hydrogens (tertiary/aromatic N) is 4. The maximum Gasteiger partial charge on any atom is 0.263 e. The second kappa shape index (κ2) is 8.24. The summed E-state index contributed by atoms with van der Waals surface area (Å²) >= 11 is 0. The molecular formula is C23H19FN6O. The van der Waals surface area contributed by atoms with Crippen LogP contribution >= 0.6 is 0 Å². The SMILES string of the molecule is CC[C@H](Nc1ncnc(N)c1C#N)c1cc2ccc(F)cn2c(=O)c1-c1ccccc1. The van der Waals surface area contributed by atoms with Crippen LogP contribution < -0.4 is 16.6 Å². The molecule has 154 valence electrons. The van der Waals surface area contributed by atoms with E-state index in [1.54, 1.807) is 6.07 Å². The number of pyridine rings is 2. The van der Waals surface area contributed by atoms with Gasteiger partial charge in [0.05, 0.1) is 11.6 Å². The minimum absolute atomic E-state index is 0.0761. The van der Waals surface area contributed by atoms with Gasteiger partial charge in [0, 0.05) is 11.7 Å². The average Bonchev–Trinajstić information content (AvgIpc) is 2.78. The maximum atomic E-state index is 13.9. The van der Waals surface area contributed by atoms with Gasteiger partial charge in [0.15, 0.2) is 0 Å². The summed E-state index contributed by atoms with van der Waals surface area (Å²) in [7, 11) is 0. The van der Waals surface area contributed by atoms with E-state index in [1.165, 1.54) is 23.0 Å². The highest BCUT2D eigenvalue weighted by atomic mass is 19.1. The molecule has 0 fully saturated rings. The van der Waals surface area contributed by atoms with Gasteiger partial charge in [0.2, 0.25) is 0 Å². The highest BCUT2D eigenvalue weighted by Gasteiger charge is 2.22. The second-order valence-electron chi connectivity index (χ2n) is 6.99. The standard InChI is InChI=1S/C23H19FN6O/c1-2-19(29-22-18(11-25)21(26)27-13-28-22)17-10-16-9-8-15(24)12-30(16)23(31)20(17)14-6-4-3-5-7-14/h3-10,12-13,19H,2H2,1H3,(H3,26,27,28,29)/t19-/m0/s1. The quantitative estimate of drug-likeness (QED) is 0.512. The van der Waals surface area contributed by atoms with Gasteiger partial charge in [-0.25, -0.2) is 14.4 Å². The van der Waals surface area contributed by atoms with Crippen LogP contribution in [0.5, 0.6) is 0 Å². The molecule has 1 aromatic carbocycles. The van der Waals surface area contributed by atoms with Crippen LogP contribution in [0.15, 0.2) is 65.8 Å². The van der Waals surface area contributed by atoms with Crippen molar-refractivity contribution in [3.63, 3.8) is 0 Å². The Hall–Kier alpha value is -4.25. The molecule has 31 heavy (non-hydrogen) atoms. The van der Waals surface area contributed by atoms with Crippen LogP contribution in [0.3, 0.4) is 0 Å². The fourth-order valence-corrected chi connectivity index (χ4v) is 3.61. The third kappa shape index (κ3) is 3.69. The Bertz CT molecular complexity index is 1360.